The van der Waals surface area contributed by atoms with Crippen LogP contribution in [0.2, 0.25) is 0 Å². The normalized spacial score (nSPS) is 17.2. The van der Waals surface area contributed by atoms with Gasteiger partial charge in [0.05, 0.1) is 25.1 Å². The number of halogens is 3. The van der Waals surface area contributed by atoms with E-state index in [4.69, 9.17) is 18.3 Å². The number of fused-ring (bicyclic) bond motifs is 2. The third kappa shape index (κ3) is 4.78. The van der Waals surface area contributed by atoms with Crippen LogP contribution in [0, 0.1) is 6.92 Å². The van der Waals surface area contributed by atoms with Gasteiger partial charge in [-0.25, -0.2) is 0 Å². The monoisotopic (exact) mass is 513 g/mol. The van der Waals surface area contributed by atoms with E-state index in [1.165, 1.54) is 19.2 Å². The van der Waals surface area contributed by atoms with Crippen molar-refractivity contribution in [1.82, 2.24) is 5.32 Å². The number of carbonyl (C=O) groups excluding carboxylic acids is 1. The van der Waals surface area contributed by atoms with Gasteiger partial charge in [-0.1, -0.05) is 18.2 Å². The Morgan fingerprint density at radius 2 is 1.81 bits per heavy atom. The van der Waals surface area contributed by atoms with Gasteiger partial charge in [0.15, 0.2) is 11.7 Å². The quantitative estimate of drug-likeness (QED) is 0.380. The summed E-state index contributed by atoms with van der Waals surface area (Å²) in [5.41, 5.74) is 0.990. The number of methoxy groups -OCH3 is 1. The Bertz CT molecular complexity index is 1520. The fourth-order valence-electron chi connectivity index (χ4n) is 4.46. The molecule has 1 aliphatic rings. The Morgan fingerprint density at radius 3 is 2.51 bits per heavy atom. The first kappa shape index (κ1) is 24.5. The van der Waals surface area contributed by atoms with Gasteiger partial charge in [-0.2, -0.15) is 13.2 Å². The number of amides is 1. The maximum atomic E-state index is 13.5. The van der Waals surface area contributed by atoms with Gasteiger partial charge in [0.1, 0.15) is 23.0 Å². The first-order valence-corrected chi connectivity index (χ1v) is 11.5. The van der Waals surface area contributed by atoms with E-state index < -0.39 is 36.1 Å². The molecule has 7 nitrogen and oxygen atoms in total. The van der Waals surface area contributed by atoms with E-state index in [2.05, 4.69) is 5.32 Å². The fourth-order valence-corrected chi connectivity index (χ4v) is 4.46. The maximum Gasteiger partial charge on any atom is 0.425 e. The average molecular weight is 513 g/mol. The molecule has 0 saturated carbocycles. The van der Waals surface area contributed by atoms with Crippen LogP contribution >= 0.6 is 0 Å². The molecule has 4 aromatic rings. The molecule has 0 bridgehead atoms. The number of para-hydroxylation sites is 1. The number of aryl methyl sites for hydroxylation is 1. The molecule has 10 heteroatoms. The van der Waals surface area contributed by atoms with Crippen LogP contribution < -0.4 is 20.2 Å². The highest BCUT2D eigenvalue weighted by Crippen LogP contribution is 2.40. The van der Waals surface area contributed by atoms with E-state index in [-0.39, 0.29) is 29.1 Å². The van der Waals surface area contributed by atoms with Crippen molar-refractivity contribution in [1.29, 1.82) is 0 Å². The number of nitrogens with one attached hydrogen (secondary N) is 1. The van der Waals surface area contributed by atoms with E-state index >= 15 is 0 Å². The second kappa shape index (κ2) is 9.34. The van der Waals surface area contributed by atoms with Gasteiger partial charge in [0.2, 0.25) is 16.9 Å². The Labute approximate surface area is 208 Å². The predicted octanol–water partition coefficient (Wildman–Crippen LogP) is 5.48. The number of ether oxygens (including phenoxy) is 2. The molecule has 0 spiro atoms. The van der Waals surface area contributed by atoms with Gasteiger partial charge in [0, 0.05) is 23.6 Å². The van der Waals surface area contributed by atoms with Crippen molar-refractivity contribution in [2.75, 3.05) is 7.11 Å². The molecule has 2 unspecified atom stereocenters. The number of hydrogen-bond acceptors (Lipinski definition) is 6. The maximum absolute atomic E-state index is 13.5. The van der Waals surface area contributed by atoms with Gasteiger partial charge >= 0.3 is 6.18 Å². The lowest BCUT2D eigenvalue weighted by atomic mass is 9.95. The number of benzene rings is 2. The van der Waals surface area contributed by atoms with Crippen molar-refractivity contribution < 1.29 is 36.3 Å². The summed E-state index contributed by atoms with van der Waals surface area (Å²) in [7, 11) is 1.52. The number of alkyl halides is 3. The standard InChI is InChI=1S/C27H22F3NO6/c1-14-11-20(32)26-25(35-14)18(24(37-26)15-7-9-16(34-2)10-8-15)12-23(33)31-19-13-22(27(28,29)30)36-21-6-4-3-5-17(19)21/h3-11,19,22H,12-13H2,1-2H3,(H,31,33). The Kier molecular flexibility index (Phi) is 6.18. The zero-order valence-corrected chi connectivity index (χ0v) is 19.8. The average Bonchev–Trinajstić information content (AvgIpc) is 3.21. The number of hydrogen-bond donors (Lipinski definition) is 1. The van der Waals surface area contributed by atoms with Crippen LogP contribution in [0.5, 0.6) is 11.5 Å². The summed E-state index contributed by atoms with van der Waals surface area (Å²) in [6.07, 6.45) is -7.42. The van der Waals surface area contributed by atoms with Crippen LogP contribution in [0.4, 0.5) is 13.2 Å². The summed E-state index contributed by atoms with van der Waals surface area (Å²) in [6, 6.07) is 13.4. The molecule has 2 aromatic heterocycles. The third-order valence-corrected chi connectivity index (χ3v) is 6.18. The van der Waals surface area contributed by atoms with E-state index in [1.54, 1.807) is 49.4 Å². The van der Waals surface area contributed by atoms with E-state index in [9.17, 15) is 22.8 Å². The molecule has 2 aromatic carbocycles. The zero-order valence-electron chi connectivity index (χ0n) is 19.8. The summed E-state index contributed by atoms with van der Waals surface area (Å²) in [5.74, 6) is 0.675. The largest absolute Gasteiger partial charge is 0.497 e. The fraction of sp³-hybridized carbons (Fsp3) is 0.259. The highest BCUT2D eigenvalue weighted by Gasteiger charge is 2.46. The van der Waals surface area contributed by atoms with Crippen molar-refractivity contribution in [3.8, 4) is 22.8 Å². The first-order valence-electron chi connectivity index (χ1n) is 11.5. The van der Waals surface area contributed by atoms with Crippen molar-refractivity contribution in [3.63, 3.8) is 0 Å². The summed E-state index contributed by atoms with van der Waals surface area (Å²) < 4.78 is 62.4. The van der Waals surface area contributed by atoms with E-state index in [0.29, 0.717) is 28.2 Å². The molecule has 1 aliphatic heterocycles. The lowest BCUT2D eigenvalue weighted by Crippen LogP contribution is -2.43. The third-order valence-electron chi connectivity index (χ3n) is 6.18. The van der Waals surface area contributed by atoms with Crippen LogP contribution in [0.1, 0.15) is 29.3 Å². The molecular formula is C27H22F3NO6. The number of furan rings is 1. The second-order valence-corrected chi connectivity index (χ2v) is 8.74. The van der Waals surface area contributed by atoms with Crippen molar-refractivity contribution in [2.45, 2.75) is 38.1 Å². The lowest BCUT2D eigenvalue weighted by Gasteiger charge is -2.33. The molecule has 1 amide bonds. The molecule has 192 valence electrons. The van der Waals surface area contributed by atoms with Gasteiger partial charge in [0.25, 0.3) is 0 Å². The zero-order chi connectivity index (χ0) is 26.3. The van der Waals surface area contributed by atoms with Gasteiger partial charge < -0.3 is 23.6 Å². The first-order chi connectivity index (χ1) is 17.6. The summed E-state index contributed by atoms with van der Waals surface area (Å²) in [5, 5.41) is 2.71. The summed E-state index contributed by atoms with van der Waals surface area (Å²) >= 11 is 0. The van der Waals surface area contributed by atoms with Crippen LogP contribution in [-0.2, 0) is 11.2 Å². The van der Waals surface area contributed by atoms with Gasteiger partial charge in [-0.05, 0) is 37.3 Å². The highest BCUT2D eigenvalue weighted by molar-refractivity contribution is 5.90. The van der Waals surface area contributed by atoms with Crippen molar-refractivity contribution in [2.24, 2.45) is 0 Å². The number of rotatable bonds is 5. The molecule has 5 rings (SSSR count). The van der Waals surface area contributed by atoms with E-state index in [1.807, 2.05) is 0 Å². The molecule has 0 aliphatic carbocycles. The molecule has 1 N–H and O–H groups in total. The van der Waals surface area contributed by atoms with Gasteiger partial charge in [-0.15, -0.1) is 0 Å². The minimum atomic E-state index is -4.60. The molecular weight excluding hydrogens is 491 g/mol. The van der Waals surface area contributed by atoms with Gasteiger partial charge in [-0.3, -0.25) is 9.59 Å². The predicted molar refractivity (Wildman–Crippen MR) is 128 cm³/mol. The molecule has 0 saturated heterocycles. The smallest absolute Gasteiger partial charge is 0.425 e. The Hall–Kier alpha value is -4.21. The highest BCUT2D eigenvalue weighted by atomic mass is 19.4. The minimum absolute atomic E-state index is 0.0484. The Balaban J connectivity index is 1.50. The van der Waals surface area contributed by atoms with Crippen LogP contribution in [0.15, 0.2) is 68.2 Å². The molecule has 2 atom stereocenters. The minimum Gasteiger partial charge on any atom is -0.497 e. The van der Waals surface area contributed by atoms with Crippen molar-refractivity contribution in [3.05, 3.63) is 81.7 Å². The SMILES string of the molecule is COc1ccc(-c2oc3c(=O)cc(C)oc3c2CC(=O)NC2CC(C(F)(F)F)Oc3ccccc32)cc1. The van der Waals surface area contributed by atoms with Crippen LogP contribution in [0.3, 0.4) is 0 Å². The molecule has 0 fully saturated rings. The Morgan fingerprint density at radius 1 is 1.08 bits per heavy atom. The van der Waals surface area contributed by atoms with E-state index in [0.717, 1.165) is 0 Å². The summed E-state index contributed by atoms with van der Waals surface area (Å²) in [4.78, 5) is 25.8. The summed E-state index contributed by atoms with van der Waals surface area (Å²) in [6.45, 7) is 1.60. The second-order valence-electron chi connectivity index (χ2n) is 8.74. The molecule has 3 heterocycles. The van der Waals surface area contributed by atoms with Crippen molar-refractivity contribution >= 4 is 17.1 Å². The van der Waals surface area contributed by atoms with Crippen LogP contribution in [0.25, 0.3) is 22.5 Å². The molecule has 0 radical (unpaired) electrons. The number of carbonyl (C=O) groups is 1. The topological polar surface area (TPSA) is 90.9 Å². The lowest BCUT2D eigenvalue weighted by molar-refractivity contribution is -0.201. The van der Waals surface area contributed by atoms with Crippen LogP contribution in [-0.4, -0.2) is 25.3 Å². The molecule has 37 heavy (non-hydrogen) atoms.